The number of nitrogens with one attached hydrogen (secondary N) is 3. The van der Waals surface area contributed by atoms with Gasteiger partial charge in [0.25, 0.3) is 5.91 Å². The van der Waals surface area contributed by atoms with Crippen LogP contribution >= 0.6 is 0 Å². The summed E-state index contributed by atoms with van der Waals surface area (Å²) in [6.07, 6.45) is -5.02. The van der Waals surface area contributed by atoms with E-state index in [0.717, 1.165) is 6.07 Å². The number of hydrogen-bond acceptors (Lipinski definition) is 7. The van der Waals surface area contributed by atoms with Gasteiger partial charge in [0.05, 0.1) is 18.2 Å². The van der Waals surface area contributed by atoms with E-state index in [2.05, 4.69) is 24.3 Å². The van der Waals surface area contributed by atoms with Crippen LogP contribution in [0.4, 0.5) is 13.2 Å². The average Bonchev–Trinajstić information content (AvgIpc) is 2.46. The Balaban J connectivity index is 1.81. The highest BCUT2D eigenvalue weighted by atomic mass is 32.3. The number of amides is 2. The maximum absolute atomic E-state index is 13.2. The molecule has 0 spiro atoms. The molecule has 1 aromatic rings. The first-order valence-electron chi connectivity index (χ1n) is 7.23. The van der Waals surface area contributed by atoms with Crippen molar-refractivity contribution in [2.45, 2.75) is 12.2 Å². The molecule has 0 aliphatic carbocycles. The Hall–Kier alpha value is -2.54. The van der Waals surface area contributed by atoms with Crippen LogP contribution in [0.5, 0.6) is 11.5 Å². The minimum Gasteiger partial charge on any atom is -0.352 e. The van der Waals surface area contributed by atoms with Crippen molar-refractivity contribution < 1.29 is 39.5 Å². The van der Waals surface area contributed by atoms with Crippen molar-refractivity contribution in [3.05, 3.63) is 23.3 Å². The van der Waals surface area contributed by atoms with E-state index >= 15 is 0 Å². The summed E-state index contributed by atoms with van der Waals surface area (Å²) in [5.74, 6) is -3.83. The monoisotopic (exact) mass is 395 g/mol. The van der Waals surface area contributed by atoms with Gasteiger partial charge < -0.3 is 24.3 Å². The van der Waals surface area contributed by atoms with Gasteiger partial charge in [-0.05, 0) is 12.1 Å². The molecule has 26 heavy (non-hydrogen) atoms. The van der Waals surface area contributed by atoms with Gasteiger partial charge in [0, 0.05) is 13.1 Å². The molecule has 1 saturated heterocycles. The number of alkyl halides is 3. The van der Waals surface area contributed by atoms with Crippen molar-refractivity contribution in [1.82, 2.24) is 16.0 Å². The molecule has 2 aliphatic heterocycles. The van der Waals surface area contributed by atoms with Crippen molar-refractivity contribution in [3.8, 4) is 11.5 Å². The van der Waals surface area contributed by atoms with E-state index in [0.29, 0.717) is 19.2 Å². The summed E-state index contributed by atoms with van der Waals surface area (Å²) in [5.41, 5.74) is -2.21. The zero-order chi connectivity index (χ0) is 19.1. The number of halogens is 3. The van der Waals surface area contributed by atoms with Gasteiger partial charge in [-0.3, -0.25) is 9.59 Å². The van der Waals surface area contributed by atoms with Crippen LogP contribution in [0.15, 0.2) is 12.1 Å². The van der Waals surface area contributed by atoms with Crippen LogP contribution in [-0.4, -0.2) is 45.9 Å². The molecule has 2 aliphatic rings. The Morgan fingerprint density at radius 3 is 2.50 bits per heavy atom. The van der Waals surface area contributed by atoms with Crippen molar-refractivity contribution in [2.24, 2.45) is 0 Å². The molecule has 0 atom stereocenters. The average molecular weight is 395 g/mol. The summed E-state index contributed by atoms with van der Waals surface area (Å²) in [5, 5.41) is 7.62. The first kappa shape index (κ1) is 18.3. The van der Waals surface area contributed by atoms with Crippen LogP contribution in [0, 0.1) is 0 Å². The SMILES string of the molecule is O=C(CNC(=O)c1ccc2c(C(F)(F)F)c1OS(=O)(=O)O2)NC1CNC1. The lowest BCUT2D eigenvalue weighted by Crippen LogP contribution is -2.58. The summed E-state index contributed by atoms with van der Waals surface area (Å²) in [6.45, 7) is 0.652. The Morgan fingerprint density at radius 2 is 1.92 bits per heavy atom. The number of carbonyl (C=O) groups is 2. The molecular weight excluding hydrogens is 383 g/mol. The summed E-state index contributed by atoms with van der Waals surface area (Å²) in [7, 11) is -4.78. The largest absolute Gasteiger partial charge is 0.501 e. The summed E-state index contributed by atoms with van der Waals surface area (Å²) in [4.78, 5) is 23.8. The minimum absolute atomic E-state index is 0.0812. The Labute approximate surface area is 145 Å². The molecule has 3 N–H and O–H groups in total. The van der Waals surface area contributed by atoms with Gasteiger partial charge in [-0.15, -0.1) is 8.42 Å². The van der Waals surface area contributed by atoms with Gasteiger partial charge in [0.1, 0.15) is 5.56 Å². The molecule has 9 nitrogen and oxygen atoms in total. The van der Waals surface area contributed by atoms with Crippen LogP contribution in [0.2, 0.25) is 0 Å². The van der Waals surface area contributed by atoms with E-state index < -0.39 is 57.6 Å². The fraction of sp³-hybridized carbons (Fsp3) is 0.385. The zero-order valence-electron chi connectivity index (χ0n) is 12.8. The van der Waals surface area contributed by atoms with Crippen LogP contribution in [0.25, 0.3) is 0 Å². The van der Waals surface area contributed by atoms with E-state index in [1.807, 2.05) is 0 Å². The number of hydrogen-bond donors (Lipinski definition) is 3. The maximum atomic E-state index is 13.2. The zero-order valence-corrected chi connectivity index (χ0v) is 13.7. The van der Waals surface area contributed by atoms with Crippen LogP contribution in [0.1, 0.15) is 15.9 Å². The fourth-order valence-electron chi connectivity index (χ4n) is 2.32. The van der Waals surface area contributed by atoms with E-state index in [1.54, 1.807) is 0 Å². The highest BCUT2D eigenvalue weighted by Crippen LogP contribution is 2.47. The van der Waals surface area contributed by atoms with Crippen molar-refractivity contribution in [2.75, 3.05) is 19.6 Å². The molecule has 2 amide bonds. The van der Waals surface area contributed by atoms with Gasteiger partial charge in [-0.25, -0.2) is 0 Å². The molecule has 0 aromatic heterocycles. The lowest BCUT2D eigenvalue weighted by molar-refractivity contribution is -0.139. The lowest BCUT2D eigenvalue weighted by Gasteiger charge is -2.28. The number of carbonyl (C=O) groups excluding carboxylic acids is 2. The number of rotatable bonds is 4. The molecule has 13 heteroatoms. The summed E-state index contributed by atoms with van der Waals surface area (Å²) in [6, 6.07) is 1.53. The smallest absolute Gasteiger partial charge is 0.352 e. The van der Waals surface area contributed by atoms with Crippen molar-refractivity contribution in [3.63, 3.8) is 0 Å². The van der Waals surface area contributed by atoms with E-state index in [4.69, 9.17) is 0 Å². The highest BCUT2D eigenvalue weighted by Gasteiger charge is 2.45. The Bertz CT molecular complexity index is 867. The molecule has 1 aromatic carbocycles. The molecule has 0 saturated carbocycles. The topological polar surface area (TPSA) is 123 Å². The lowest BCUT2D eigenvalue weighted by atomic mass is 10.1. The third kappa shape index (κ3) is 3.67. The van der Waals surface area contributed by atoms with Gasteiger partial charge in [0.2, 0.25) is 5.91 Å². The second-order valence-corrected chi connectivity index (χ2v) is 6.64. The van der Waals surface area contributed by atoms with E-state index in [-0.39, 0.29) is 6.04 Å². The summed E-state index contributed by atoms with van der Waals surface area (Å²) < 4.78 is 70.8. The first-order valence-corrected chi connectivity index (χ1v) is 8.56. The minimum atomic E-state index is -5.02. The van der Waals surface area contributed by atoms with Gasteiger partial charge in [-0.1, -0.05) is 0 Å². The van der Waals surface area contributed by atoms with Crippen molar-refractivity contribution in [1.29, 1.82) is 0 Å². The van der Waals surface area contributed by atoms with Gasteiger partial charge in [0.15, 0.2) is 11.5 Å². The molecule has 142 valence electrons. The van der Waals surface area contributed by atoms with Crippen LogP contribution < -0.4 is 24.3 Å². The third-order valence-corrected chi connectivity index (χ3v) is 4.34. The predicted molar refractivity (Wildman–Crippen MR) is 78.8 cm³/mol. The molecule has 0 radical (unpaired) electrons. The van der Waals surface area contributed by atoms with Gasteiger partial charge in [-0.2, -0.15) is 13.2 Å². The van der Waals surface area contributed by atoms with Gasteiger partial charge >= 0.3 is 16.6 Å². The quantitative estimate of drug-likeness (QED) is 0.630. The van der Waals surface area contributed by atoms with Crippen LogP contribution in [-0.2, 0) is 21.4 Å². The first-order chi connectivity index (χ1) is 12.1. The summed E-state index contributed by atoms with van der Waals surface area (Å²) >= 11 is 0. The number of benzene rings is 1. The fourth-order valence-corrected chi connectivity index (χ4v) is 3.09. The maximum Gasteiger partial charge on any atom is 0.501 e. The van der Waals surface area contributed by atoms with Crippen LogP contribution in [0.3, 0.4) is 0 Å². The third-order valence-electron chi connectivity index (χ3n) is 3.58. The molecule has 3 rings (SSSR count). The van der Waals surface area contributed by atoms with Crippen molar-refractivity contribution >= 4 is 22.2 Å². The molecular formula is C13H12F3N3O6S. The molecule has 1 fully saturated rings. The Morgan fingerprint density at radius 1 is 1.23 bits per heavy atom. The second-order valence-electron chi connectivity index (χ2n) is 5.49. The normalized spacial score (nSPS) is 18.1. The predicted octanol–water partition coefficient (Wildman–Crippen LogP) is -0.461. The standard InChI is InChI=1S/C13H12F3N3O6S/c14-13(15,16)10-8-2-1-7(11(10)25-26(22,23)24-8)12(21)18-5-9(20)19-6-3-17-4-6/h1-2,6,17H,3-5H2,(H,18,21)(H,19,20). The molecule has 0 unspecified atom stereocenters. The Kier molecular flexibility index (Phi) is 4.44. The highest BCUT2D eigenvalue weighted by molar-refractivity contribution is 7.82. The van der Waals surface area contributed by atoms with E-state index in [9.17, 15) is 31.2 Å². The number of fused-ring (bicyclic) bond motifs is 2. The second kappa shape index (κ2) is 6.32. The molecule has 2 bridgehead atoms. The molecule has 2 heterocycles. The van der Waals surface area contributed by atoms with E-state index in [1.165, 1.54) is 0 Å².